The summed E-state index contributed by atoms with van der Waals surface area (Å²) in [4.78, 5) is 26.8. The topological polar surface area (TPSA) is 459 Å². The van der Waals surface area contributed by atoms with Crippen LogP contribution in [0.25, 0.3) is 0 Å². The molecular formula is C66H106O29. The SMILES string of the molecule is CCC/C=C\C(=O)O[C@@H]1CC(C)(C)C[C@H]2C3=CC[C@@H]4[C@@]5(C)CC[C@H](O[C@@H]6O[C@H](C(=O)O)[C@@H](O)[C@H](O[C@@H]7O[C@H](CO)[C@H](O)[C@H](O)[C@H]7O[C@@H]7O[C@@H](C)[C@H](O)[C@@H](O)[C@H]7O[C@@H]7O[C@@H](C)[C@H](O)[C@@H](O)[C@H]7O)[C@H]6O[C@@H]6O[C@H](CO)[C@H](O)[C@H](O)[C@H]6O)C(C)(C)[C@@H]5CC[C@@]4(C)[C@]3(C)C[C@@H](O)[C@@]12CO. The Kier molecular flexibility index (Phi) is 22.4. The highest BCUT2D eigenvalue weighted by Gasteiger charge is 2.72. The van der Waals surface area contributed by atoms with Gasteiger partial charge >= 0.3 is 11.9 Å². The first-order valence-corrected chi connectivity index (χ1v) is 33.9. The zero-order valence-electron chi connectivity index (χ0n) is 55.8. The number of carboxylic acid groups (broad SMARTS) is 1. The quantitative estimate of drug-likeness (QED) is 0.0313. The average molecular weight is 1360 g/mol. The van der Waals surface area contributed by atoms with Crippen molar-refractivity contribution in [2.45, 2.75) is 305 Å². The van der Waals surface area contributed by atoms with Crippen LogP contribution in [0.1, 0.15) is 133 Å². The molecule has 5 saturated heterocycles. The molecule has 0 radical (unpaired) electrons. The molecule has 5 heterocycles. The van der Waals surface area contributed by atoms with Crippen LogP contribution in [0.5, 0.6) is 0 Å². The largest absolute Gasteiger partial charge is 0.479 e. The number of aliphatic carboxylic acids is 1. The molecule has 5 aliphatic heterocycles. The summed E-state index contributed by atoms with van der Waals surface area (Å²) in [6.45, 7) is 17.5. The Bertz CT molecular complexity index is 2720. The molecule has 0 spiro atoms. The van der Waals surface area contributed by atoms with Crippen molar-refractivity contribution in [3.63, 3.8) is 0 Å². The number of unbranched alkanes of at least 4 members (excludes halogenated alkanes) is 1. The zero-order valence-corrected chi connectivity index (χ0v) is 55.8. The molecule has 4 saturated carbocycles. The molecule has 29 nitrogen and oxygen atoms in total. The van der Waals surface area contributed by atoms with Gasteiger partial charge in [0.25, 0.3) is 0 Å². The third kappa shape index (κ3) is 13.1. The van der Waals surface area contributed by atoms with Crippen molar-refractivity contribution in [3.8, 4) is 0 Å². The molecule has 10 aliphatic rings. The van der Waals surface area contributed by atoms with Crippen LogP contribution in [0.2, 0.25) is 0 Å². The second-order valence-electron chi connectivity index (χ2n) is 30.9. The molecule has 0 amide bonds. The van der Waals surface area contributed by atoms with Crippen LogP contribution in [-0.2, 0) is 61.7 Å². The van der Waals surface area contributed by atoms with Gasteiger partial charge in [0, 0.05) is 6.08 Å². The molecule has 0 unspecified atom stereocenters. The molecule has 0 aromatic carbocycles. The summed E-state index contributed by atoms with van der Waals surface area (Å²) in [5.41, 5.74) is -2.58. The maximum atomic E-state index is 13.4. The number of rotatable bonds is 18. The van der Waals surface area contributed by atoms with Crippen LogP contribution in [0.15, 0.2) is 23.8 Å². The van der Waals surface area contributed by atoms with Crippen molar-refractivity contribution in [1.82, 2.24) is 0 Å². The number of carboxylic acids is 1. The van der Waals surface area contributed by atoms with E-state index in [-0.39, 0.29) is 29.8 Å². The van der Waals surface area contributed by atoms with E-state index in [4.69, 9.17) is 52.1 Å². The lowest BCUT2D eigenvalue weighted by molar-refractivity contribution is -0.412. The minimum absolute atomic E-state index is 0.0143. The first-order valence-electron chi connectivity index (χ1n) is 33.9. The second-order valence-corrected chi connectivity index (χ2v) is 30.9. The summed E-state index contributed by atoms with van der Waals surface area (Å²) in [5, 5.41) is 180. The molecule has 35 atom stereocenters. The first-order chi connectivity index (χ1) is 44.5. The third-order valence-corrected chi connectivity index (χ3v) is 24.5. The molecule has 16 N–H and O–H groups in total. The van der Waals surface area contributed by atoms with Crippen molar-refractivity contribution >= 4 is 11.9 Å². The second kappa shape index (κ2) is 28.3. The minimum Gasteiger partial charge on any atom is -0.479 e. The molecule has 29 heteroatoms. The van der Waals surface area contributed by atoms with E-state index >= 15 is 0 Å². The normalized spacial score (nSPS) is 52.1. The van der Waals surface area contributed by atoms with Crippen LogP contribution in [0.3, 0.4) is 0 Å². The van der Waals surface area contributed by atoms with Crippen molar-refractivity contribution in [3.05, 3.63) is 23.8 Å². The van der Waals surface area contributed by atoms with Crippen molar-refractivity contribution < 1.29 is 143 Å². The van der Waals surface area contributed by atoms with E-state index in [0.717, 1.165) is 12.0 Å². The van der Waals surface area contributed by atoms with Crippen molar-refractivity contribution in [1.29, 1.82) is 0 Å². The van der Waals surface area contributed by atoms with Gasteiger partial charge in [-0.3, -0.25) is 0 Å². The van der Waals surface area contributed by atoms with Gasteiger partial charge in [-0.15, -0.1) is 0 Å². The van der Waals surface area contributed by atoms with Crippen LogP contribution in [0.4, 0.5) is 0 Å². The lowest BCUT2D eigenvalue weighted by atomic mass is 9.33. The van der Waals surface area contributed by atoms with Crippen LogP contribution < -0.4 is 0 Å². The van der Waals surface area contributed by atoms with Gasteiger partial charge in [-0.05, 0) is 116 Å². The van der Waals surface area contributed by atoms with Gasteiger partial charge in [0.1, 0.15) is 110 Å². The Balaban J connectivity index is 0.970. The first kappa shape index (κ1) is 75.1. The number of allylic oxidation sites excluding steroid dienone is 3. The fourth-order valence-electron chi connectivity index (χ4n) is 18.9. The monoisotopic (exact) mass is 1360 g/mol. The summed E-state index contributed by atoms with van der Waals surface area (Å²) in [7, 11) is 0. The molecule has 544 valence electrons. The Morgan fingerprint density at radius 2 is 1.08 bits per heavy atom. The average Bonchev–Trinajstić information content (AvgIpc) is 0.671. The van der Waals surface area contributed by atoms with E-state index < -0.39 is 224 Å². The molecule has 0 aromatic rings. The number of aliphatic hydroxyl groups is 15. The fraction of sp³-hybridized carbons (Fsp3) is 0.909. The van der Waals surface area contributed by atoms with Crippen molar-refractivity contribution in [2.75, 3.05) is 19.8 Å². The van der Waals surface area contributed by atoms with Gasteiger partial charge in [0.15, 0.2) is 37.6 Å². The third-order valence-electron chi connectivity index (χ3n) is 24.5. The number of carbonyl (C=O) groups excluding carboxylic acids is 1. The van der Waals surface area contributed by atoms with Gasteiger partial charge in [0.2, 0.25) is 0 Å². The highest BCUT2D eigenvalue weighted by molar-refractivity contribution is 5.82. The predicted molar refractivity (Wildman–Crippen MR) is 324 cm³/mol. The Labute approximate surface area is 552 Å². The lowest BCUT2D eigenvalue weighted by Gasteiger charge is -2.72. The van der Waals surface area contributed by atoms with Gasteiger partial charge in [-0.1, -0.05) is 79.5 Å². The van der Waals surface area contributed by atoms with Gasteiger partial charge < -0.3 is 134 Å². The predicted octanol–water partition coefficient (Wildman–Crippen LogP) is -1.74. The highest BCUT2D eigenvalue weighted by Crippen LogP contribution is 2.76. The molecule has 5 aliphatic carbocycles. The number of fused-ring (bicyclic) bond motifs is 7. The number of ether oxygens (including phenoxy) is 11. The summed E-state index contributed by atoms with van der Waals surface area (Å²) in [6, 6.07) is 0. The summed E-state index contributed by atoms with van der Waals surface area (Å²) < 4.78 is 68.1. The van der Waals surface area contributed by atoms with E-state index in [9.17, 15) is 91.3 Å². The summed E-state index contributed by atoms with van der Waals surface area (Å²) in [6.07, 6.45) is -39.0. The van der Waals surface area contributed by atoms with E-state index in [0.29, 0.717) is 57.8 Å². The van der Waals surface area contributed by atoms with Crippen LogP contribution >= 0.6 is 0 Å². The van der Waals surface area contributed by atoms with E-state index in [1.807, 2.05) is 20.8 Å². The summed E-state index contributed by atoms with van der Waals surface area (Å²) >= 11 is 0. The number of aliphatic hydroxyl groups excluding tert-OH is 15. The number of hydrogen-bond acceptors (Lipinski definition) is 28. The summed E-state index contributed by atoms with van der Waals surface area (Å²) in [5.74, 6) is -2.70. The van der Waals surface area contributed by atoms with E-state index in [2.05, 4.69) is 40.7 Å². The smallest absolute Gasteiger partial charge is 0.335 e. The van der Waals surface area contributed by atoms with Gasteiger partial charge in [-0.2, -0.15) is 0 Å². The molecular weight excluding hydrogens is 1260 g/mol. The lowest BCUT2D eigenvalue weighted by Crippen LogP contribution is -2.70. The van der Waals surface area contributed by atoms with Crippen LogP contribution in [0, 0.1) is 50.2 Å². The van der Waals surface area contributed by atoms with E-state index in [1.54, 1.807) is 6.08 Å². The van der Waals surface area contributed by atoms with E-state index in [1.165, 1.54) is 19.9 Å². The number of hydrogen-bond donors (Lipinski definition) is 16. The standard InChI is InChI=1S/C66H106O29/c1-11-12-13-14-38(71)89-37-23-61(4,5)21-30-29-15-16-34-63(8)19-18-36(62(6,7)33(63)17-20-64(34,9)65(29,10)22-35(70)66(30,37)26-69)90-60-54(95-57-48(81)44(77)41(74)31(24-67)87-57)50(49(82)51(92-60)55(83)84)91-59-53(46(79)42(75)32(25-68)88-59)94-58-52(45(78)40(73)28(3)86-58)93-56-47(80)43(76)39(72)27(2)85-56/h13-15,27-28,30-37,39-54,56-60,67-70,72-82H,11-12,16-26H2,1-10H3,(H,83,84)/b14-13-/t27-,28-,30-,31+,32+,33-,34+,35+,36-,37+,39-,40-,41-,42-,43+,44-,45+,46-,47+,48+,49-,50-,51-,52+,53+,54+,56-,57-,58-,59-,60+,63-,64+,65+,66-/m0/s1. The Morgan fingerprint density at radius 3 is 1.69 bits per heavy atom. The molecule has 0 bridgehead atoms. The van der Waals surface area contributed by atoms with Gasteiger partial charge in [-0.25, -0.2) is 9.59 Å². The highest BCUT2D eigenvalue weighted by atomic mass is 16.8. The maximum absolute atomic E-state index is 13.4. The van der Waals surface area contributed by atoms with Crippen LogP contribution in [-0.4, -0.2) is 285 Å². The molecule has 10 rings (SSSR count). The Hall–Kier alpha value is -2.58. The fourth-order valence-corrected chi connectivity index (χ4v) is 18.9. The molecule has 9 fully saturated rings. The molecule has 0 aromatic heterocycles. The molecule has 95 heavy (non-hydrogen) atoms. The number of esters is 1. The number of carbonyl (C=O) groups is 2. The van der Waals surface area contributed by atoms with Gasteiger partial charge in [0.05, 0.1) is 49.7 Å². The minimum atomic E-state index is -2.34. The Morgan fingerprint density at radius 1 is 0.558 bits per heavy atom. The zero-order chi connectivity index (χ0) is 69.7. The van der Waals surface area contributed by atoms with Crippen molar-refractivity contribution in [2.24, 2.45) is 50.2 Å². The maximum Gasteiger partial charge on any atom is 0.335 e.